The molecular weight excluding hydrogens is 342 g/mol. The lowest BCUT2D eigenvalue weighted by Crippen LogP contribution is -2.15. The first kappa shape index (κ1) is 14.8. The van der Waals surface area contributed by atoms with Gasteiger partial charge in [0.1, 0.15) is 11.6 Å². The maximum absolute atomic E-state index is 7.66. The van der Waals surface area contributed by atoms with Crippen LogP contribution < -0.4 is 10.5 Å². The summed E-state index contributed by atoms with van der Waals surface area (Å²) in [6, 6.07) is 7.13. The van der Waals surface area contributed by atoms with E-state index >= 15 is 0 Å². The van der Waals surface area contributed by atoms with E-state index in [9.17, 15) is 0 Å². The molecule has 0 fully saturated rings. The fraction of sp³-hybridized carbons (Fsp3) is 0.143. The maximum atomic E-state index is 7.66. The Morgan fingerprint density at radius 2 is 2.05 bits per heavy atom. The van der Waals surface area contributed by atoms with Crippen LogP contribution in [0.1, 0.15) is 16.8 Å². The van der Waals surface area contributed by atoms with E-state index in [0.717, 1.165) is 15.7 Å². The number of amidine groups is 1. The van der Waals surface area contributed by atoms with Crippen LogP contribution in [-0.2, 0) is 0 Å². The Kier molecular flexibility index (Phi) is 4.30. The smallest absolute Gasteiger partial charge is 0.230 e. The molecule has 0 radical (unpaired) electrons. The Balaban J connectivity index is 2.53. The van der Waals surface area contributed by atoms with Crippen molar-refractivity contribution in [2.45, 2.75) is 13.8 Å². The van der Waals surface area contributed by atoms with Gasteiger partial charge in [0.2, 0.25) is 5.88 Å². The summed E-state index contributed by atoms with van der Waals surface area (Å²) in [4.78, 5) is 4.30. The highest BCUT2D eigenvalue weighted by atomic mass is 79.9. The number of hydrogen-bond acceptors (Lipinski definition) is 3. The number of nitrogens with one attached hydrogen (secondary N) is 1. The largest absolute Gasteiger partial charge is 0.437 e. The summed E-state index contributed by atoms with van der Waals surface area (Å²) < 4.78 is 6.59. The van der Waals surface area contributed by atoms with Gasteiger partial charge in [-0.05, 0) is 43.7 Å². The molecule has 0 saturated heterocycles. The van der Waals surface area contributed by atoms with Crippen LogP contribution >= 0.6 is 27.5 Å². The Morgan fingerprint density at radius 1 is 1.35 bits per heavy atom. The predicted molar refractivity (Wildman–Crippen MR) is 84.0 cm³/mol. The normalized spacial score (nSPS) is 10.4. The summed E-state index contributed by atoms with van der Waals surface area (Å²) in [5.74, 6) is 0.659. The molecular formula is C14H13BrClN3O. The molecule has 1 aromatic carbocycles. The minimum atomic E-state index is -0.0869. The van der Waals surface area contributed by atoms with Gasteiger partial charge in [0.05, 0.1) is 10.6 Å². The molecule has 1 heterocycles. The zero-order valence-electron chi connectivity index (χ0n) is 11.0. The maximum Gasteiger partial charge on any atom is 0.230 e. The highest BCUT2D eigenvalue weighted by Gasteiger charge is 2.15. The van der Waals surface area contributed by atoms with Gasteiger partial charge in [-0.3, -0.25) is 5.41 Å². The van der Waals surface area contributed by atoms with Crippen LogP contribution in [0.25, 0.3) is 0 Å². The first-order valence-corrected chi connectivity index (χ1v) is 7.01. The molecule has 0 atom stereocenters. The summed E-state index contributed by atoms with van der Waals surface area (Å²) in [5, 5.41) is 8.13. The second-order valence-electron chi connectivity index (χ2n) is 4.35. The number of nitrogen functional groups attached to an aromatic ring is 1. The Hall–Kier alpha value is -1.59. The van der Waals surface area contributed by atoms with Crippen LogP contribution in [0, 0.1) is 19.3 Å². The SMILES string of the molecule is Cc1cc(C)c(C(=N)N)c(Oc2cc(Br)ccc2Cl)n1. The molecule has 2 rings (SSSR count). The molecule has 0 aliphatic rings. The number of aryl methyl sites for hydroxylation is 2. The molecule has 0 spiro atoms. The molecule has 2 aromatic rings. The topological polar surface area (TPSA) is 72.0 Å². The molecule has 0 bridgehead atoms. The molecule has 3 N–H and O–H groups in total. The standard InChI is InChI=1S/C14H13BrClN3O/c1-7-5-8(2)19-14(12(7)13(17)18)20-11-6-9(15)3-4-10(11)16/h3-6H,1-2H3,(H3,17,18). The fourth-order valence-electron chi connectivity index (χ4n) is 1.86. The average Bonchev–Trinajstić information content (AvgIpc) is 2.32. The third kappa shape index (κ3) is 3.11. The van der Waals surface area contributed by atoms with Crippen LogP contribution in [0.2, 0.25) is 5.02 Å². The van der Waals surface area contributed by atoms with Gasteiger partial charge in [-0.15, -0.1) is 0 Å². The minimum Gasteiger partial charge on any atom is -0.437 e. The van der Waals surface area contributed by atoms with Crippen molar-refractivity contribution in [3.05, 3.63) is 50.6 Å². The van der Waals surface area contributed by atoms with Crippen molar-refractivity contribution in [2.75, 3.05) is 0 Å². The van der Waals surface area contributed by atoms with E-state index in [1.807, 2.05) is 26.0 Å². The molecule has 104 valence electrons. The molecule has 0 aliphatic heterocycles. The van der Waals surface area contributed by atoms with Gasteiger partial charge in [-0.25, -0.2) is 4.98 Å². The van der Waals surface area contributed by atoms with Crippen molar-refractivity contribution in [2.24, 2.45) is 5.73 Å². The van der Waals surface area contributed by atoms with E-state index < -0.39 is 0 Å². The van der Waals surface area contributed by atoms with Gasteiger partial charge in [0.25, 0.3) is 0 Å². The Morgan fingerprint density at radius 3 is 2.70 bits per heavy atom. The van der Waals surface area contributed by atoms with Crippen LogP contribution in [0.4, 0.5) is 0 Å². The van der Waals surface area contributed by atoms with E-state index in [-0.39, 0.29) is 11.7 Å². The van der Waals surface area contributed by atoms with E-state index in [0.29, 0.717) is 16.3 Å². The number of nitrogens with two attached hydrogens (primary N) is 1. The lowest BCUT2D eigenvalue weighted by atomic mass is 10.1. The van der Waals surface area contributed by atoms with Gasteiger partial charge in [0, 0.05) is 10.2 Å². The van der Waals surface area contributed by atoms with Crippen LogP contribution in [0.5, 0.6) is 11.6 Å². The van der Waals surface area contributed by atoms with Gasteiger partial charge in [-0.2, -0.15) is 0 Å². The Labute approximate surface area is 130 Å². The summed E-state index contributed by atoms with van der Waals surface area (Å²) >= 11 is 9.46. The molecule has 6 heteroatoms. The molecule has 0 aliphatic carbocycles. The van der Waals surface area contributed by atoms with Crippen LogP contribution in [0.3, 0.4) is 0 Å². The minimum absolute atomic E-state index is 0.0869. The predicted octanol–water partition coefficient (Wildman–Crippen LogP) is 4.19. The third-order valence-electron chi connectivity index (χ3n) is 2.68. The number of pyridine rings is 1. The molecule has 0 saturated carbocycles. The second-order valence-corrected chi connectivity index (χ2v) is 5.67. The molecule has 0 amide bonds. The number of benzene rings is 1. The summed E-state index contributed by atoms with van der Waals surface area (Å²) in [6.45, 7) is 3.72. The van der Waals surface area contributed by atoms with Crippen LogP contribution in [0.15, 0.2) is 28.7 Å². The monoisotopic (exact) mass is 353 g/mol. The quantitative estimate of drug-likeness (QED) is 0.641. The number of halogens is 2. The van der Waals surface area contributed by atoms with E-state index in [2.05, 4.69) is 20.9 Å². The zero-order valence-corrected chi connectivity index (χ0v) is 13.3. The number of nitrogens with zero attached hydrogens (tertiary/aromatic N) is 1. The van der Waals surface area contributed by atoms with Gasteiger partial charge in [0.15, 0.2) is 0 Å². The lowest BCUT2D eigenvalue weighted by molar-refractivity contribution is 0.460. The summed E-state index contributed by atoms with van der Waals surface area (Å²) in [5.41, 5.74) is 7.71. The van der Waals surface area contributed by atoms with Gasteiger partial charge < -0.3 is 10.5 Å². The molecule has 4 nitrogen and oxygen atoms in total. The third-order valence-corrected chi connectivity index (χ3v) is 3.49. The number of aromatic nitrogens is 1. The average molecular weight is 355 g/mol. The number of ether oxygens (including phenoxy) is 1. The number of rotatable bonds is 3. The number of hydrogen-bond donors (Lipinski definition) is 2. The van der Waals surface area contributed by atoms with Crippen molar-refractivity contribution in [3.63, 3.8) is 0 Å². The summed E-state index contributed by atoms with van der Waals surface area (Å²) in [6.07, 6.45) is 0. The van der Waals surface area contributed by atoms with Crippen molar-refractivity contribution in [3.8, 4) is 11.6 Å². The fourth-order valence-corrected chi connectivity index (χ4v) is 2.36. The van der Waals surface area contributed by atoms with E-state index in [1.54, 1.807) is 12.1 Å². The highest BCUT2D eigenvalue weighted by Crippen LogP contribution is 2.33. The first-order valence-electron chi connectivity index (χ1n) is 5.84. The van der Waals surface area contributed by atoms with E-state index in [1.165, 1.54) is 0 Å². The highest BCUT2D eigenvalue weighted by molar-refractivity contribution is 9.10. The second kappa shape index (κ2) is 5.81. The van der Waals surface area contributed by atoms with Crippen molar-refractivity contribution in [1.29, 1.82) is 5.41 Å². The van der Waals surface area contributed by atoms with Crippen molar-refractivity contribution < 1.29 is 4.74 Å². The van der Waals surface area contributed by atoms with Crippen LogP contribution in [-0.4, -0.2) is 10.8 Å². The van der Waals surface area contributed by atoms with E-state index in [4.69, 9.17) is 27.5 Å². The summed E-state index contributed by atoms with van der Waals surface area (Å²) in [7, 11) is 0. The Bertz CT molecular complexity index is 688. The first-order chi connectivity index (χ1) is 9.38. The lowest BCUT2D eigenvalue weighted by Gasteiger charge is -2.13. The van der Waals surface area contributed by atoms with Gasteiger partial charge in [-0.1, -0.05) is 27.5 Å². The zero-order chi connectivity index (χ0) is 14.9. The molecule has 1 aromatic heterocycles. The van der Waals surface area contributed by atoms with Crippen molar-refractivity contribution in [1.82, 2.24) is 4.98 Å². The van der Waals surface area contributed by atoms with Gasteiger partial charge >= 0.3 is 0 Å². The molecule has 0 unspecified atom stereocenters. The van der Waals surface area contributed by atoms with Crippen molar-refractivity contribution >= 4 is 33.4 Å². The molecule has 20 heavy (non-hydrogen) atoms.